The molecule has 1 rings (SSSR count). The monoisotopic (exact) mass is 286 g/mol. The van der Waals surface area contributed by atoms with Gasteiger partial charge in [-0.2, -0.15) is 15.0 Å². The number of hydrogen-bond acceptors (Lipinski definition) is 8. The Morgan fingerprint density at radius 3 is 2.63 bits per heavy atom. The number of carbonyl (C=O) groups excluding carboxylic acids is 1. The van der Waals surface area contributed by atoms with E-state index in [9.17, 15) is 4.79 Å². The number of rotatable bonds is 8. The molecule has 1 aromatic rings. The van der Waals surface area contributed by atoms with E-state index < -0.39 is 0 Å². The summed E-state index contributed by atoms with van der Waals surface area (Å²) in [7, 11) is 0. The Hall–Kier alpha value is -1.57. The molecule has 0 amide bonds. The van der Waals surface area contributed by atoms with Gasteiger partial charge in [-0.1, -0.05) is 11.8 Å². The first-order chi connectivity index (χ1) is 9.19. The second-order valence-corrected chi connectivity index (χ2v) is 4.22. The van der Waals surface area contributed by atoms with Crippen molar-refractivity contribution in [2.75, 3.05) is 30.8 Å². The second kappa shape index (κ2) is 8.52. The quantitative estimate of drug-likeness (QED) is 0.566. The Bertz CT molecular complexity index is 393. The topological polar surface area (TPSA) is 86.2 Å². The summed E-state index contributed by atoms with van der Waals surface area (Å²) in [6, 6.07) is 0.250. The minimum absolute atomic E-state index is 0.162. The van der Waals surface area contributed by atoms with Crippen molar-refractivity contribution in [1.29, 1.82) is 0 Å². The number of nitrogens with zero attached hydrogens (tertiary/aromatic N) is 3. The van der Waals surface area contributed by atoms with Gasteiger partial charge in [-0.15, -0.1) is 0 Å². The molecule has 106 valence electrons. The number of nitrogens with one attached hydrogen (secondary N) is 1. The van der Waals surface area contributed by atoms with Crippen LogP contribution in [0.5, 0.6) is 6.01 Å². The highest BCUT2D eigenvalue weighted by atomic mass is 32.2. The summed E-state index contributed by atoms with van der Waals surface area (Å²) in [5.41, 5.74) is 0. The van der Waals surface area contributed by atoms with Crippen LogP contribution in [0.4, 0.5) is 5.95 Å². The summed E-state index contributed by atoms with van der Waals surface area (Å²) < 4.78 is 10.1. The van der Waals surface area contributed by atoms with E-state index in [1.807, 2.05) is 13.8 Å². The average Bonchev–Trinajstić information content (AvgIpc) is 2.37. The molecule has 0 fully saturated rings. The zero-order valence-corrected chi connectivity index (χ0v) is 12.1. The van der Waals surface area contributed by atoms with Gasteiger partial charge in [0, 0.05) is 6.54 Å². The van der Waals surface area contributed by atoms with Crippen molar-refractivity contribution in [3.8, 4) is 6.01 Å². The molecule has 1 N–H and O–H groups in total. The normalized spacial score (nSPS) is 10.1. The van der Waals surface area contributed by atoms with Crippen molar-refractivity contribution in [3.05, 3.63) is 0 Å². The summed E-state index contributed by atoms with van der Waals surface area (Å²) in [4.78, 5) is 23.7. The van der Waals surface area contributed by atoms with E-state index in [1.165, 1.54) is 11.8 Å². The number of thioether (sulfide) groups is 1. The Morgan fingerprint density at radius 2 is 2.00 bits per heavy atom. The summed E-state index contributed by atoms with van der Waals surface area (Å²) in [6.45, 7) is 7.08. The fraction of sp³-hybridized carbons (Fsp3) is 0.636. The zero-order chi connectivity index (χ0) is 14.1. The van der Waals surface area contributed by atoms with Crippen molar-refractivity contribution in [2.45, 2.75) is 25.9 Å². The lowest BCUT2D eigenvalue weighted by Crippen LogP contribution is -2.10. The van der Waals surface area contributed by atoms with Crippen molar-refractivity contribution < 1.29 is 14.3 Å². The van der Waals surface area contributed by atoms with E-state index in [-0.39, 0.29) is 17.7 Å². The maximum Gasteiger partial charge on any atom is 0.322 e. The fourth-order valence-corrected chi connectivity index (χ4v) is 1.78. The SMILES string of the molecule is CCNc1nc(OCC)nc(SCC(=O)OCC)n1. The van der Waals surface area contributed by atoms with E-state index in [4.69, 9.17) is 9.47 Å². The van der Waals surface area contributed by atoms with Gasteiger partial charge >= 0.3 is 12.0 Å². The molecule has 0 unspecified atom stereocenters. The molecule has 0 atom stereocenters. The highest BCUT2D eigenvalue weighted by Gasteiger charge is 2.10. The van der Waals surface area contributed by atoms with Crippen LogP contribution in [0.2, 0.25) is 0 Å². The third-order valence-electron chi connectivity index (χ3n) is 1.83. The molecular weight excluding hydrogens is 268 g/mol. The number of carbonyl (C=O) groups is 1. The van der Waals surface area contributed by atoms with Crippen molar-refractivity contribution in [2.24, 2.45) is 0 Å². The van der Waals surface area contributed by atoms with Crippen LogP contribution < -0.4 is 10.1 Å². The third kappa shape index (κ3) is 5.73. The van der Waals surface area contributed by atoms with Crippen LogP contribution in [-0.4, -0.2) is 46.4 Å². The molecule has 0 spiro atoms. The Kier molecular flexibility index (Phi) is 6.94. The highest BCUT2D eigenvalue weighted by molar-refractivity contribution is 7.99. The predicted molar refractivity (Wildman–Crippen MR) is 72.5 cm³/mol. The molecule has 0 aliphatic heterocycles. The van der Waals surface area contributed by atoms with Gasteiger partial charge in [-0.3, -0.25) is 4.79 Å². The summed E-state index contributed by atoms with van der Waals surface area (Å²) in [6.07, 6.45) is 0. The molecule has 0 aliphatic carbocycles. The lowest BCUT2D eigenvalue weighted by molar-refractivity contribution is -0.139. The van der Waals surface area contributed by atoms with Crippen LogP contribution in [-0.2, 0) is 9.53 Å². The molecule has 0 aromatic carbocycles. The highest BCUT2D eigenvalue weighted by Crippen LogP contribution is 2.17. The van der Waals surface area contributed by atoms with Crippen LogP contribution in [0.15, 0.2) is 5.16 Å². The lowest BCUT2D eigenvalue weighted by atomic mass is 10.7. The zero-order valence-electron chi connectivity index (χ0n) is 11.3. The first-order valence-electron chi connectivity index (χ1n) is 6.10. The van der Waals surface area contributed by atoms with Crippen LogP contribution in [0, 0.1) is 0 Å². The van der Waals surface area contributed by atoms with Gasteiger partial charge in [-0.05, 0) is 20.8 Å². The fourth-order valence-electron chi connectivity index (χ4n) is 1.16. The first kappa shape index (κ1) is 15.5. The van der Waals surface area contributed by atoms with Gasteiger partial charge in [-0.25, -0.2) is 0 Å². The van der Waals surface area contributed by atoms with Crippen molar-refractivity contribution in [1.82, 2.24) is 15.0 Å². The van der Waals surface area contributed by atoms with Crippen LogP contribution >= 0.6 is 11.8 Å². The predicted octanol–water partition coefficient (Wildman–Crippen LogP) is 1.36. The smallest absolute Gasteiger partial charge is 0.322 e. The van der Waals surface area contributed by atoms with Crippen LogP contribution in [0.3, 0.4) is 0 Å². The first-order valence-corrected chi connectivity index (χ1v) is 7.09. The minimum Gasteiger partial charge on any atom is -0.465 e. The Balaban J connectivity index is 2.72. The largest absolute Gasteiger partial charge is 0.465 e. The summed E-state index contributed by atoms with van der Waals surface area (Å²) in [5.74, 6) is 0.304. The molecule has 19 heavy (non-hydrogen) atoms. The third-order valence-corrected chi connectivity index (χ3v) is 2.65. The number of esters is 1. The number of ether oxygens (including phenoxy) is 2. The van der Waals surface area contributed by atoms with Gasteiger partial charge in [0.1, 0.15) is 0 Å². The summed E-state index contributed by atoms with van der Waals surface area (Å²) in [5, 5.41) is 3.42. The van der Waals surface area contributed by atoms with E-state index in [1.54, 1.807) is 6.92 Å². The molecule has 7 nitrogen and oxygen atoms in total. The van der Waals surface area contributed by atoms with Crippen molar-refractivity contribution >= 4 is 23.7 Å². The Labute approximate surface area is 116 Å². The van der Waals surface area contributed by atoms with E-state index in [0.29, 0.717) is 30.9 Å². The number of aromatic nitrogens is 3. The molecule has 1 heterocycles. The average molecular weight is 286 g/mol. The van der Waals surface area contributed by atoms with Gasteiger partial charge < -0.3 is 14.8 Å². The second-order valence-electron chi connectivity index (χ2n) is 3.28. The van der Waals surface area contributed by atoms with Gasteiger partial charge in [0.2, 0.25) is 5.95 Å². The Morgan fingerprint density at radius 1 is 1.21 bits per heavy atom. The van der Waals surface area contributed by atoms with E-state index >= 15 is 0 Å². The van der Waals surface area contributed by atoms with Crippen LogP contribution in [0.25, 0.3) is 0 Å². The van der Waals surface area contributed by atoms with Gasteiger partial charge in [0.15, 0.2) is 5.16 Å². The van der Waals surface area contributed by atoms with E-state index in [2.05, 4.69) is 20.3 Å². The number of hydrogen-bond donors (Lipinski definition) is 1. The number of anilines is 1. The lowest BCUT2D eigenvalue weighted by Gasteiger charge is -2.07. The molecule has 0 bridgehead atoms. The van der Waals surface area contributed by atoms with Gasteiger partial charge in [0.25, 0.3) is 0 Å². The van der Waals surface area contributed by atoms with Crippen molar-refractivity contribution in [3.63, 3.8) is 0 Å². The maximum atomic E-state index is 11.3. The summed E-state index contributed by atoms with van der Waals surface area (Å²) >= 11 is 1.19. The van der Waals surface area contributed by atoms with E-state index in [0.717, 1.165) is 0 Å². The van der Waals surface area contributed by atoms with Gasteiger partial charge in [0.05, 0.1) is 19.0 Å². The molecule has 0 saturated heterocycles. The molecule has 0 saturated carbocycles. The minimum atomic E-state index is -0.295. The standard InChI is InChI=1S/C11H18N4O3S/c1-4-12-9-13-10(18-6-3)15-11(14-9)19-7-8(16)17-5-2/h4-7H2,1-3H3,(H,12,13,14,15). The van der Waals surface area contributed by atoms with Crippen LogP contribution in [0.1, 0.15) is 20.8 Å². The molecule has 8 heteroatoms. The molecule has 0 radical (unpaired) electrons. The maximum absolute atomic E-state index is 11.3. The molecule has 0 aliphatic rings. The molecular formula is C11H18N4O3S. The molecule has 1 aromatic heterocycles.